The van der Waals surface area contributed by atoms with Gasteiger partial charge in [-0.25, -0.2) is 4.39 Å². The van der Waals surface area contributed by atoms with Gasteiger partial charge in [-0.2, -0.15) is 5.26 Å². The molecule has 1 aromatic heterocycles. The normalized spacial score (nSPS) is 11.7. The van der Waals surface area contributed by atoms with Crippen LogP contribution in [0.2, 0.25) is 0 Å². The second kappa shape index (κ2) is 7.19. The molecule has 0 radical (unpaired) electrons. The highest BCUT2D eigenvalue weighted by Gasteiger charge is 2.27. The third kappa shape index (κ3) is 3.33. The van der Waals surface area contributed by atoms with Gasteiger partial charge in [0.05, 0.1) is 11.8 Å². The number of aryl methyl sites for hydroxylation is 1. The predicted octanol–water partition coefficient (Wildman–Crippen LogP) is 3.21. The Balaban J connectivity index is 1.79. The van der Waals surface area contributed by atoms with E-state index in [1.807, 2.05) is 42.1 Å². The van der Waals surface area contributed by atoms with Crippen LogP contribution in [0.3, 0.4) is 0 Å². The molecular weight excluding hydrogens is 333 g/mol. The van der Waals surface area contributed by atoms with Crippen molar-refractivity contribution >= 4 is 28.3 Å². The summed E-state index contributed by atoms with van der Waals surface area (Å²) < 4.78 is 15.5. The summed E-state index contributed by atoms with van der Waals surface area (Å²) in [6.07, 6.45) is 1.76. The highest BCUT2D eigenvalue weighted by Crippen LogP contribution is 2.22. The minimum Gasteiger partial charge on any atom is -0.350 e. The van der Waals surface area contributed by atoms with Crippen LogP contribution in [0.15, 0.2) is 54.7 Å². The molecule has 1 atom stereocenters. The summed E-state index contributed by atoms with van der Waals surface area (Å²) in [7, 11) is 1.86. The molecule has 26 heavy (non-hydrogen) atoms. The lowest BCUT2D eigenvalue weighted by atomic mass is 9.98. The van der Waals surface area contributed by atoms with Gasteiger partial charge in [0.1, 0.15) is 5.82 Å². The summed E-state index contributed by atoms with van der Waals surface area (Å²) >= 11 is 0. The molecule has 0 aliphatic rings. The molecule has 0 saturated heterocycles. The van der Waals surface area contributed by atoms with Crippen LogP contribution in [0.25, 0.3) is 10.9 Å². The van der Waals surface area contributed by atoms with Crippen molar-refractivity contribution in [2.24, 2.45) is 13.0 Å². The van der Waals surface area contributed by atoms with Crippen molar-refractivity contribution in [1.82, 2.24) is 4.57 Å². The first-order valence-electron chi connectivity index (χ1n) is 8.02. The molecule has 2 aromatic carbocycles. The van der Waals surface area contributed by atoms with E-state index in [1.165, 1.54) is 18.2 Å². The Bertz CT molecular complexity index is 1030. The van der Waals surface area contributed by atoms with E-state index >= 15 is 0 Å². The van der Waals surface area contributed by atoms with Gasteiger partial charge in [-0.3, -0.25) is 9.59 Å². The van der Waals surface area contributed by atoms with Crippen LogP contribution in [0.5, 0.6) is 0 Å². The van der Waals surface area contributed by atoms with E-state index in [4.69, 9.17) is 0 Å². The number of nitrogens with zero attached hydrogens (tertiary/aromatic N) is 2. The van der Waals surface area contributed by atoms with E-state index in [0.29, 0.717) is 0 Å². The molecule has 0 unspecified atom stereocenters. The highest BCUT2D eigenvalue weighted by molar-refractivity contribution is 6.10. The van der Waals surface area contributed by atoms with Gasteiger partial charge in [0.25, 0.3) is 0 Å². The van der Waals surface area contributed by atoms with Crippen molar-refractivity contribution in [3.8, 4) is 6.07 Å². The lowest BCUT2D eigenvalue weighted by molar-refractivity contribution is -0.128. The fourth-order valence-electron chi connectivity index (χ4n) is 2.90. The summed E-state index contributed by atoms with van der Waals surface area (Å²) in [6.45, 7) is 0. The first-order valence-corrected chi connectivity index (χ1v) is 8.02. The molecule has 3 aromatic rings. The number of amides is 1. The van der Waals surface area contributed by atoms with E-state index in [2.05, 4.69) is 5.32 Å². The Morgan fingerprint density at radius 2 is 1.88 bits per heavy atom. The number of hydrogen-bond acceptors (Lipinski definition) is 3. The van der Waals surface area contributed by atoms with E-state index in [9.17, 15) is 19.2 Å². The third-order valence-corrected chi connectivity index (χ3v) is 4.19. The summed E-state index contributed by atoms with van der Waals surface area (Å²) in [5.41, 5.74) is 1.64. The Hall–Kier alpha value is -3.46. The molecule has 0 saturated carbocycles. The maximum Gasteiger partial charge on any atom is 0.249 e. The van der Waals surface area contributed by atoms with Crippen LogP contribution >= 0.6 is 0 Å². The fraction of sp³-hybridized carbons (Fsp3) is 0.150. The largest absolute Gasteiger partial charge is 0.350 e. The van der Waals surface area contributed by atoms with Gasteiger partial charge in [-0.05, 0) is 23.8 Å². The molecule has 1 amide bonds. The zero-order valence-electron chi connectivity index (χ0n) is 14.1. The minimum atomic E-state index is -1.51. The Labute approximate surface area is 149 Å². The molecular formula is C20H16FN3O2. The van der Waals surface area contributed by atoms with Crippen molar-refractivity contribution in [2.45, 2.75) is 6.42 Å². The molecule has 0 spiro atoms. The molecule has 5 nitrogen and oxygen atoms in total. The van der Waals surface area contributed by atoms with Gasteiger partial charge in [0, 0.05) is 30.6 Å². The van der Waals surface area contributed by atoms with Crippen LogP contribution < -0.4 is 5.32 Å². The number of ketones is 1. The van der Waals surface area contributed by atoms with Crippen LogP contribution in [0.1, 0.15) is 5.56 Å². The predicted molar refractivity (Wildman–Crippen MR) is 95.8 cm³/mol. The molecule has 0 aliphatic carbocycles. The first-order chi connectivity index (χ1) is 12.5. The highest BCUT2D eigenvalue weighted by atomic mass is 19.1. The standard InChI is InChI=1S/C20H16FN3O2/c1-24-12-13(14-6-2-5-9-18(14)24)10-19(25)15(11-22)20(26)23-17-8-4-3-7-16(17)21/h2-9,12,15H,10H2,1H3,(H,23,26)/t15-/m0/s1. The first kappa shape index (κ1) is 17.4. The monoisotopic (exact) mass is 349 g/mol. The number of rotatable bonds is 5. The summed E-state index contributed by atoms with van der Waals surface area (Å²) in [4.78, 5) is 24.8. The minimum absolute atomic E-state index is 0.0513. The van der Waals surface area contributed by atoms with Gasteiger partial charge in [-0.15, -0.1) is 0 Å². The van der Waals surface area contributed by atoms with Crippen LogP contribution in [-0.4, -0.2) is 16.3 Å². The molecule has 0 aliphatic heterocycles. The van der Waals surface area contributed by atoms with Crippen LogP contribution in [0, 0.1) is 23.1 Å². The Kier molecular flexibility index (Phi) is 4.81. The van der Waals surface area contributed by atoms with Gasteiger partial charge >= 0.3 is 0 Å². The second-order valence-electron chi connectivity index (χ2n) is 5.96. The average molecular weight is 349 g/mol. The van der Waals surface area contributed by atoms with Gasteiger partial charge in [-0.1, -0.05) is 30.3 Å². The molecule has 0 bridgehead atoms. The summed E-state index contributed by atoms with van der Waals surface area (Å²) in [5.74, 6) is -3.49. The van der Waals surface area contributed by atoms with E-state index < -0.39 is 23.4 Å². The van der Waals surface area contributed by atoms with Gasteiger partial charge in [0.2, 0.25) is 5.91 Å². The van der Waals surface area contributed by atoms with Gasteiger partial charge < -0.3 is 9.88 Å². The number of halogens is 1. The topological polar surface area (TPSA) is 74.9 Å². The van der Waals surface area contributed by atoms with Crippen molar-refractivity contribution < 1.29 is 14.0 Å². The number of fused-ring (bicyclic) bond motifs is 1. The Morgan fingerprint density at radius 1 is 1.19 bits per heavy atom. The SMILES string of the molecule is Cn1cc(CC(=O)[C@H](C#N)C(=O)Nc2ccccc2F)c2ccccc21. The number of benzene rings is 2. The molecule has 1 N–H and O–H groups in total. The number of Topliss-reactive ketones (excluding diaryl/α,β-unsaturated/α-hetero) is 1. The maximum absolute atomic E-state index is 13.7. The van der Waals surface area contributed by atoms with E-state index in [0.717, 1.165) is 16.5 Å². The van der Waals surface area contributed by atoms with Crippen molar-refractivity contribution in [3.63, 3.8) is 0 Å². The van der Waals surface area contributed by atoms with Crippen molar-refractivity contribution in [2.75, 3.05) is 5.32 Å². The van der Waals surface area contributed by atoms with Crippen molar-refractivity contribution in [1.29, 1.82) is 5.26 Å². The number of aromatic nitrogens is 1. The summed E-state index contributed by atoms with van der Waals surface area (Å²) in [5, 5.41) is 12.5. The summed E-state index contributed by atoms with van der Waals surface area (Å²) in [6, 6.07) is 14.9. The fourth-order valence-corrected chi connectivity index (χ4v) is 2.90. The zero-order valence-corrected chi connectivity index (χ0v) is 14.1. The van der Waals surface area contributed by atoms with Crippen LogP contribution in [0.4, 0.5) is 10.1 Å². The molecule has 3 rings (SSSR count). The number of hydrogen-bond donors (Lipinski definition) is 1. The van der Waals surface area contributed by atoms with Gasteiger partial charge in [0.15, 0.2) is 11.7 Å². The number of carbonyl (C=O) groups is 2. The van der Waals surface area contributed by atoms with Crippen molar-refractivity contribution in [3.05, 3.63) is 66.1 Å². The average Bonchev–Trinajstić information content (AvgIpc) is 2.94. The molecule has 130 valence electrons. The lowest BCUT2D eigenvalue weighted by Crippen LogP contribution is -2.30. The number of nitriles is 1. The van der Waals surface area contributed by atoms with E-state index in [-0.39, 0.29) is 12.1 Å². The van der Waals surface area contributed by atoms with Crippen LogP contribution in [-0.2, 0) is 23.1 Å². The number of anilines is 1. The molecule has 1 heterocycles. The quantitative estimate of drug-likeness (QED) is 0.719. The third-order valence-electron chi connectivity index (χ3n) is 4.19. The number of carbonyl (C=O) groups excluding carboxylic acids is 2. The number of para-hydroxylation sites is 2. The number of nitrogens with one attached hydrogen (secondary N) is 1. The zero-order chi connectivity index (χ0) is 18.7. The maximum atomic E-state index is 13.7. The molecule has 6 heteroatoms. The second-order valence-corrected chi connectivity index (χ2v) is 5.96. The Morgan fingerprint density at radius 3 is 2.62 bits per heavy atom. The smallest absolute Gasteiger partial charge is 0.249 e. The lowest BCUT2D eigenvalue weighted by Gasteiger charge is -2.10. The van der Waals surface area contributed by atoms with E-state index in [1.54, 1.807) is 12.1 Å². The molecule has 0 fully saturated rings.